The number of amides is 1. The maximum Gasteiger partial charge on any atom is 0.254 e. The molecule has 0 bridgehead atoms. The number of hydrogen-bond acceptors (Lipinski definition) is 5. The highest BCUT2D eigenvalue weighted by Gasteiger charge is 2.29. The molecule has 1 aliphatic heterocycles. The highest BCUT2D eigenvalue weighted by molar-refractivity contribution is 7.15. The van der Waals surface area contributed by atoms with Gasteiger partial charge in [0, 0.05) is 35.7 Å². The molecule has 0 saturated carbocycles. The second-order valence-corrected chi connectivity index (χ2v) is 9.92. The number of aryl methyl sites for hydroxylation is 1. The van der Waals surface area contributed by atoms with Crippen molar-refractivity contribution in [2.24, 2.45) is 0 Å². The van der Waals surface area contributed by atoms with Crippen molar-refractivity contribution < 1.29 is 4.79 Å². The molecule has 0 radical (unpaired) electrons. The summed E-state index contributed by atoms with van der Waals surface area (Å²) in [6.45, 7) is 7.67. The molecule has 1 aliphatic rings. The summed E-state index contributed by atoms with van der Waals surface area (Å²) in [5.74, 6) is 0.0487. The fourth-order valence-corrected chi connectivity index (χ4v) is 5.10. The number of anilines is 1. The number of aromatic nitrogens is 3. The molecular formula is C25H27N5OS. The van der Waals surface area contributed by atoms with Crippen molar-refractivity contribution >= 4 is 34.0 Å². The molecule has 4 aromatic rings. The van der Waals surface area contributed by atoms with Crippen LogP contribution in [-0.4, -0.2) is 44.7 Å². The second-order valence-electron chi connectivity index (χ2n) is 8.63. The van der Waals surface area contributed by atoms with Crippen molar-refractivity contribution in [1.29, 1.82) is 0 Å². The smallest absolute Gasteiger partial charge is 0.254 e. The molecule has 5 rings (SSSR count). The minimum Gasteiger partial charge on any atom is -0.380 e. The van der Waals surface area contributed by atoms with Gasteiger partial charge in [-0.3, -0.25) is 4.79 Å². The Bertz CT molecular complexity index is 1260. The minimum absolute atomic E-state index is 0.0487. The van der Waals surface area contributed by atoms with E-state index in [9.17, 15) is 4.79 Å². The van der Waals surface area contributed by atoms with E-state index in [0.29, 0.717) is 12.1 Å². The topological polar surface area (TPSA) is 63.1 Å². The Morgan fingerprint density at radius 3 is 2.72 bits per heavy atom. The van der Waals surface area contributed by atoms with E-state index in [2.05, 4.69) is 55.5 Å². The summed E-state index contributed by atoms with van der Waals surface area (Å²) in [7, 11) is 0. The first-order chi connectivity index (χ1) is 15.5. The van der Waals surface area contributed by atoms with E-state index in [0.717, 1.165) is 40.3 Å². The van der Waals surface area contributed by atoms with E-state index < -0.39 is 0 Å². The van der Waals surface area contributed by atoms with E-state index in [1.807, 2.05) is 33.8 Å². The largest absolute Gasteiger partial charge is 0.380 e. The van der Waals surface area contributed by atoms with E-state index in [4.69, 9.17) is 4.98 Å². The summed E-state index contributed by atoms with van der Waals surface area (Å²) in [4.78, 5) is 22.8. The fourth-order valence-electron chi connectivity index (χ4n) is 4.27. The van der Waals surface area contributed by atoms with Crippen molar-refractivity contribution in [2.75, 3.05) is 18.4 Å². The zero-order valence-electron chi connectivity index (χ0n) is 18.6. The first-order valence-corrected chi connectivity index (χ1v) is 11.9. The molecule has 32 heavy (non-hydrogen) atoms. The van der Waals surface area contributed by atoms with E-state index in [1.54, 1.807) is 17.5 Å². The van der Waals surface area contributed by atoms with E-state index in [1.165, 1.54) is 4.88 Å². The predicted octanol–water partition coefficient (Wildman–Crippen LogP) is 5.38. The third-order valence-corrected chi connectivity index (χ3v) is 6.92. The molecule has 1 N–H and O–H groups in total. The molecule has 1 unspecified atom stereocenters. The maximum absolute atomic E-state index is 13.7. The van der Waals surface area contributed by atoms with Gasteiger partial charge in [-0.2, -0.15) is 5.10 Å². The molecule has 4 heterocycles. The van der Waals surface area contributed by atoms with Crippen LogP contribution in [0.4, 0.5) is 5.69 Å². The first-order valence-electron chi connectivity index (χ1n) is 11.1. The quantitative estimate of drug-likeness (QED) is 0.448. The van der Waals surface area contributed by atoms with Crippen LogP contribution >= 0.6 is 11.3 Å². The Morgan fingerprint density at radius 1 is 1.19 bits per heavy atom. The SMILES string of the molecule is Cc1ccc(-c2cc(C(=O)N3CCC(Nc4ccccc4)C3)c3cnn(C(C)C)c3n2)s1. The van der Waals surface area contributed by atoms with Gasteiger partial charge in [-0.05, 0) is 57.5 Å². The summed E-state index contributed by atoms with van der Waals surface area (Å²) >= 11 is 1.69. The minimum atomic E-state index is 0.0487. The number of rotatable bonds is 5. The van der Waals surface area contributed by atoms with Crippen LogP contribution in [0.25, 0.3) is 21.6 Å². The van der Waals surface area contributed by atoms with Gasteiger partial charge in [-0.25, -0.2) is 9.67 Å². The third kappa shape index (κ3) is 3.88. The van der Waals surface area contributed by atoms with Gasteiger partial charge < -0.3 is 10.2 Å². The van der Waals surface area contributed by atoms with Crippen LogP contribution < -0.4 is 5.32 Å². The molecular weight excluding hydrogens is 418 g/mol. The van der Waals surface area contributed by atoms with Crippen molar-refractivity contribution in [3.05, 3.63) is 65.2 Å². The molecule has 1 aromatic carbocycles. The Hall–Kier alpha value is -3.19. The van der Waals surface area contributed by atoms with Gasteiger partial charge in [0.2, 0.25) is 0 Å². The van der Waals surface area contributed by atoms with E-state index in [-0.39, 0.29) is 18.0 Å². The van der Waals surface area contributed by atoms with Gasteiger partial charge in [0.15, 0.2) is 5.65 Å². The molecule has 1 saturated heterocycles. The average Bonchev–Trinajstić information content (AvgIpc) is 3.52. The Kier molecular flexibility index (Phi) is 5.43. The lowest BCUT2D eigenvalue weighted by Crippen LogP contribution is -2.31. The number of para-hydroxylation sites is 1. The molecule has 6 nitrogen and oxygen atoms in total. The highest BCUT2D eigenvalue weighted by atomic mass is 32.1. The third-order valence-electron chi connectivity index (χ3n) is 5.90. The van der Waals surface area contributed by atoms with Crippen LogP contribution in [0.1, 0.15) is 41.5 Å². The van der Waals surface area contributed by atoms with Gasteiger partial charge in [0.25, 0.3) is 5.91 Å². The first kappa shape index (κ1) is 20.7. The van der Waals surface area contributed by atoms with Crippen LogP contribution in [-0.2, 0) is 0 Å². The van der Waals surface area contributed by atoms with Crippen LogP contribution in [0, 0.1) is 6.92 Å². The van der Waals surface area contributed by atoms with Gasteiger partial charge in [-0.15, -0.1) is 11.3 Å². The van der Waals surface area contributed by atoms with Gasteiger partial charge in [0.05, 0.1) is 27.7 Å². The molecule has 164 valence electrons. The van der Waals surface area contributed by atoms with Crippen molar-refractivity contribution in [3.63, 3.8) is 0 Å². The molecule has 0 aliphatic carbocycles. The molecule has 1 atom stereocenters. The number of nitrogens with one attached hydrogen (secondary N) is 1. The van der Waals surface area contributed by atoms with Crippen LogP contribution in [0.2, 0.25) is 0 Å². The van der Waals surface area contributed by atoms with Gasteiger partial charge >= 0.3 is 0 Å². The standard InChI is InChI=1S/C25H27N5OS/c1-16(2)30-24-21(14-26-30)20(13-22(28-24)23-10-9-17(3)32-23)25(31)29-12-11-19(15-29)27-18-7-5-4-6-8-18/h4-10,13-14,16,19,27H,11-12,15H2,1-3H3. The van der Waals surface area contributed by atoms with Crippen LogP contribution in [0.15, 0.2) is 54.7 Å². The summed E-state index contributed by atoms with van der Waals surface area (Å²) < 4.78 is 1.90. The lowest BCUT2D eigenvalue weighted by Gasteiger charge is -2.19. The number of pyridine rings is 1. The maximum atomic E-state index is 13.7. The lowest BCUT2D eigenvalue weighted by atomic mass is 10.1. The van der Waals surface area contributed by atoms with Crippen LogP contribution in [0.3, 0.4) is 0 Å². The Morgan fingerprint density at radius 2 is 2.00 bits per heavy atom. The predicted molar refractivity (Wildman–Crippen MR) is 130 cm³/mol. The molecule has 0 spiro atoms. The van der Waals surface area contributed by atoms with Crippen molar-refractivity contribution in [2.45, 2.75) is 39.3 Å². The normalized spacial score (nSPS) is 16.2. The zero-order valence-corrected chi connectivity index (χ0v) is 19.4. The lowest BCUT2D eigenvalue weighted by molar-refractivity contribution is 0.0793. The van der Waals surface area contributed by atoms with Crippen molar-refractivity contribution in [1.82, 2.24) is 19.7 Å². The number of thiophene rings is 1. The molecule has 7 heteroatoms. The van der Waals surface area contributed by atoms with Gasteiger partial charge in [-0.1, -0.05) is 18.2 Å². The summed E-state index contributed by atoms with van der Waals surface area (Å²) in [5.41, 5.74) is 3.37. The number of nitrogens with zero attached hydrogens (tertiary/aromatic N) is 4. The van der Waals surface area contributed by atoms with Crippen molar-refractivity contribution in [3.8, 4) is 10.6 Å². The molecule has 1 fully saturated rings. The number of carbonyl (C=O) groups excluding carboxylic acids is 1. The molecule has 1 amide bonds. The number of benzene rings is 1. The van der Waals surface area contributed by atoms with Crippen LogP contribution in [0.5, 0.6) is 0 Å². The Labute approximate surface area is 191 Å². The second kappa shape index (κ2) is 8.39. The summed E-state index contributed by atoms with van der Waals surface area (Å²) in [6.07, 6.45) is 2.71. The summed E-state index contributed by atoms with van der Waals surface area (Å²) in [6, 6.07) is 16.7. The fraction of sp³-hybridized carbons (Fsp3) is 0.320. The zero-order chi connectivity index (χ0) is 22.2. The highest BCUT2D eigenvalue weighted by Crippen LogP contribution is 2.31. The number of hydrogen-bond donors (Lipinski definition) is 1. The Balaban J connectivity index is 1.48. The summed E-state index contributed by atoms with van der Waals surface area (Å²) in [5, 5.41) is 8.92. The van der Waals surface area contributed by atoms with Gasteiger partial charge in [0.1, 0.15) is 0 Å². The number of likely N-dealkylation sites (tertiary alicyclic amines) is 1. The van der Waals surface area contributed by atoms with E-state index >= 15 is 0 Å². The molecule has 3 aromatic heterocycles. The number of carbonyl (C=O) groups is 1. The number of fused-ring (bicyclic) bond motifs is 1. The monoisotopic (exact) mass is 445 g/mol. The average molecular weight is 446 g/mol.